The molecule has 3 aromatic rings. The molecule has 1 aromatic heterocycles. The van der Waals surface area contributed by atoms with Crippen LogP contribution >= 0.6 is 0 Å². The molecule has 2 aliphatic rings. The Kier molecular flexibility index (Phi) is 7.58. The zero-order chi connectivity index (χ0) is 24.9. The van der Waals surface area contributed by atoms with Crippen molar-refractivity contribution in [2.75, 3.05) is 51.3 Å². The molecule has 2 aliphatic heterocycles. The Morgan fingerprint density at radius 1 is 0.917 bits per heavy atom. The molecule has 7 nitrogen and oxygen atoms in total. The molecule has 2 fully saturated rings. The van der Waals surface area contributed by atoms with E-state index in [-0.39, 0.29) is 5.75 Å². The Hall–Kier alpha value is -3.29. The minimum absolute atomic E-state index is 0.0895. The molecule has 36 heavy (non-hydrogen) atoms. The van der Waals surface area contributed by atoms with Gasteiger partial charge in [-0.25, -0.2) is 4.79 Å². The highest BCUT2D eigenvalue weighted by Gasteiger charge is 2.25. The molecule has 7 heteroatoms. The summed E-state index contributed by atoms with van der Waals surface area (Å²) in [6.07, 6.45) is 3.53. The molecule has 0 aliphatic carbocycles. The summed E-state index contributed by atoms with van der Waals surface area (Å²) < 4.78 is 10.7. The van der Waals surface area contributed by atoms with E-state index in [1.807, 2.05) is 18.2 Å². The van der Waals surface area contributed by atoms with E-state index in [2.05, 4.69) is 51.1 Å². The van der Waals surface area contributed by atoms with Gasteiger partial charge in [-0.15, -0.1) is 0 Å². The van der Waals surface area contributed by atoms with E-state index in [0.29, 0.717) is 30.1 Å². The Labute approximate surface area is 212 Å². The zero-order valence-corrected chi connectivity index (χ0v) is 20.9. The lowest BCUT2D eigenvalue weighted by Crippen LogP contribution is -2.46. The second-order valence-electron chi connectivity index (χ2n) is 9.80. The number of aromatic hydroxyl groups is 1. The summed E-state index contributed by atoms with van der Waals surface area (Å²) in [4.78, 5) is 19.4. The number of likely N-dealkylation sites (tertiary alicyclic amines) is 1. The number of hydrogen-bond donors (Lipinski definition) is 1. The van der Waals surface area contributed by atoms with Crippen LogP contribution in [-0.4, -0.2) is 61.3 Å². The normalized spacial score (nSPS) is 17.9. The molecule has 5 rings (SSSR count). The summed E-state index contributed by atoms with van der Waals surface area (Å²) in [6, 6.07) is 18.7. The summed E-state index contributed by atoms with van der Waals surface area (Å²) in [5.41, 5.74) is 3.15. The van der Waals surface area contributed by atoms with Crippen LogP contribution in [0.1, 0.15) is 35.4 Å². The molecule has 2 aromatic carbocycles. The van der Waals surface area contributed by atoms with Crippen LogP contribution in [0.15, 0.2) is 70.1 Å². The van der Waals surface area contributed by atoms with Gasteiger partial charge >= 0.3 is 5.63 Å². The van der Waals surface area contributed by atoms with E-state index in [0.717, 1.165) is 63.5 Å². The average molecular weight is 490 g/mol. The first kappa shape index (κ1) is 24.4. The lowest BCUT2D eigenvalue weighted by atomic mass is 9.89. The molecule has 3 heterocycles. The molecule has 0 saturated carbocycles. The highest BCUT2D eigenvalue weighted by Crippen LogP contribution is 2.30. The monoisotopic (exact) mass is 489 g/mol. The predicted octanol–water partition coefficient (Wildman–Crippen LogP) is 4.06. The van der Waals surface area contributed by atoms with Crippen LogP contribution in [-0.2, 0) is 13.1 Å². The summed E-state index contributed by atoms with van der Waals surface area (Å²) >= 11 is 0. The van der Waals surface area contributed by atoms with Crippen molar-refractivity contribution in [1.82, 2.24) is 9.80 Å². The summed E-state index contributed by atoms with van der Waals surface area (Å²) in [5, 5.41) is 11.0. The molecule has 1 N–H and O–H groups in total. The van der Waals surface area contributed by atoms with Gasteiger partial charge in [0.1, 0.15) is 17.8 Å². The third kappa shape index (κ3) is 5.58. The molecule has 0 unspecified atom stereocenters. The van der Waals surface area contributed by atoms with Gasteiger partial charge in [-0.05, 0) is 49.5 Å². The lowest BCUT2D eigenvalue weighted by molar-refractivity contribution is 0.198. The van der Waals surface area contributed by atoms with Crippen molar-refractivity contribution in [1.29, 1.82) is 0 Å². The lowest BCUT2D eigenvalue weighted by Gasteiger charge is -2.36. The molecular weight excluding hydrogens is 454 g/mol. The largest absolute Gasteiger partial charge is 0.507 e. The van der Waals surface area contributed by atoms with E-state index in [1.54, 1.807) is 7.11 Å². The van der Waals surface area contributed by atoms with E-state index >= 15 is 0 Å². The van der Waals surface area contributed by atoms with Gasteiger partial charge < -0.3 is 19.2 Å². The van der Waals surface area contributed by atoms with Gasteiger partial charge in [0.15, 0.2) is 0 Å². The maximum Gasteiger partial charge on any atom is 0.343 e. The van der Waals surface area contributed by atoms with Crippen LogP contribution in [0.4, 0.5) is 5.69 Å². The fourth-order valence-electron chi connectivity index (χ4n) is 5.38. The van der Waals surface area contributed by atoms with Crippen molar-refractivity contribution in [3.05, 3.63) is 88.0 Å². The van der Waals surface area contributed by atoms with Gasteiger partial charge in [-0.3, -0.25) is 9.80 Å². The van der Waals surface area contributed by atoms with Crippen molar-refractivity contribution in [2.24, 2.45) is 0 Å². The first-order valence-corrected chi connectivity index (χ1v) is 12.8. The number of piperazine rings is 1. The molecule has 0 bridgehead atoms. The number of nitrogens with zero attached hydrogens (tertiary/aromatic N) is 3. The van der Waals surface area contributed by atoms with Crippen LogP contribution in [0.3, 0.4) is 0 Å². The third-order valence-corrected chi connectivity index (χ3v) is 7.57. The third-order valence-electron chi connectivity index (χ3n) is 7.57. The fourth-order valence-corrected chi connectivity index (χ4v) is 5.38. The van der Waals surface area contributed by atoms with Crippen molar-refractivity contribution < 1.29 is 14.3 Å². The minimum Gasteiger partial charge on any atom is -0.507 e. The number of hydrogen-bond acceptors (Lipinski definition) is 7. The maximum absolute atomic E-state index is 12.5. The van der Waals surface area contributed by atoms with Crippen LogP contribution in [0, 0.1) is 0 Å². The zero-order valence-electron chi connectivity index (χ0n) is 20.9. The number of ether oxygens (including phenoxy) is 1. The topological polar surface area (TPSA) is 69.4 Å². The Balaban J connectivity index is 1.18. The highest BCUT2D eigenvalue weighted by atomic mass is 16.5. The number of piperidine rings is 1. The van der Waals surface area contributed by atoms with Gasteiger partial charge in [0.2, 0.25) is 0 Å². The second kappa shape index (κ2) is 11.2. The SMILES string of the molecule is COc1cccc(N2CCN(Cc3coc(=O)c(CN4CCC(c5ccccc5)CC4)c3O)CC2)c1. The average Bonchev–Trinajstić information content (AvgIpc) is 2.94. The van der Waals surface area contributed by atoms with Crippen molar-refractivity contribution >= 4 is 5.69 Å². The summed E-state index contributed by atoms with van der Waals surface area (Å²) in [7, 11) is 1.68. The molecular formula is C29H35N3O4. The Morgan fingerprint density at radius 2 is 1.64 bits per heavy atom. The molecule has 0 radical (unpaired) electrons. The Bertz CT molecular complexity index is 1200. The maximum atomic E-state index is 12.5. The van der Waals surface area contributed by atoms with E-state index in [1.165, 1.54) is 11.8 Å². The second-order valence-corrected chi connectivity index (χ2v) is 9.80. The first-order chi connectivity index (χ1) is 17.6. The van der Waals surface area contributed by atoms with Gasteiger partial charge in [-0.1, -0.05) is 36.4 Å². The van der Waals surface area contributed by atoms with Crippen molar-refractivity contribution in [3.63, 3.8) is 0 Å². The van der Waals surface area contributed by atoms with Gasteiger partial charge in [0.25, 0.3) is 0 Å². The molecule has 190 valence electrons. The van der Waals surface area contributed by atoms with E-state index in [9.17, 15) is 9.90 Å². The van der Waals surface area contributed by atoms with Crippen LogP contribution in [0.25, 0.3) is 0 Å². The van der Waals surface area contributed by atoms with Crippen LogP contribution in [0.2, 0.25) is 0 Å². The van der Waals surface area contributed by atoms with Crippen LogP contribution < -0.4 is 15.3 Å². The summed E-state index contributed by atoms with van der Waals surface area (Å²) in [5.74, 6) is 1.50. The first-order valence-electron chi connectivity index (χ1n) is 12.8. The standard InChI is InChI=1S/C29H35N3O4/c1-35-26-9-5-8-25(18-26)32-16-14-31(15-17-32)19-24-21-36-29(34)27(28(24)33)20-30-12-10-23(11-13-30)22-6-3-2-4-7-22/h2-9,18,21,23,33H,10-17,19-20H2,1H3. The number of rotatable bonds is 7. The highest BCUT2D eigenvalue weighted by molar-refractivity contribution is 5.51. The molecule has 0 spiro atoms. The van der Waals surface area contributed by atoms with E-state index in [4.69, 9.17) is 9.15 Å². The molecule has 2 saturated heterocycles. The number of benzene rings is 2. The number of anilines is 1. The fraction of sp³-hybridized carbons (Fsp3) is 0.414. The smallest absolute Gasteiger partial charge is 0.343 e. The number of methoxy groups -OCH3 is 1. The minimum atomic E-state index is -0.440. The summed E-state index contributed by atoms with van der Waals surface area (Å²) in [6.45, 7) is 6.26. The van der Waals surface area contributed by atoms with Gasteiger partial charge in [-0.2, -0.15) is 0 Å². The van der Waals surface area contributed by atoms with E-state index < -0.39 is 5.63 Å². The van der Waals surface area contributed by atoms with Crippen molar-refractivity contribution in [2.45, 2.75) is 31.8 Å². The predicted molar refractivity (Wildman–Crippen MR) is 141 cm³/mol. The quantitative estimate of drug-likeness (QED) is 0.537. The van der Waals surface area contributed by atoms with Gasteiger partial charge in [0.05, 0.1) is 12.7 Å². The van der Waals surface area contributed by atoms with Crippen LogP contribution in [0.5, 0.6) is 11.5 Å². The Morgan fingerprint density at radius 3 is 2.36 bits per heavy atom. The molecule has 0 amide bonds. The van der Waals surface area contributed by atoms with Crippen molar-refractivity contribution in [3.8, 4) is 11.5 Å². The molecule has 0 atom stereocenters. The van der Waals surface area contributed by atoms with Gasteiger partial charge in [0, 0.05) is 56.6 Å².